The first-order valence-corrected chi connectivity index (χ1v) is 6.36. The Morgan fingerprint density at radius 1 is 1.39 bits per heavy atom. The molecule has 0 aliphatic heterocycles. The lowest BCUT2D eigenvalue weighted by atomic mass is 10.2. The van der Waals surface area contributed by atoms with Crippen molar-refractivity contribution in [1.82, 2.24) is 4.90 Å². The van der Waals surface area contributed by atoms with Gasteiger partial charge in [0.1, 0.15) is 5.82 Å². The monoisotopic (exact) mass is 251 g/mol. The van der Waals surface area contributed by atoms with Crippen LogP contribution in [0.25, 0.3) is 0 Å². The second-order valence-corrected chi connectivity index (χ2v) is 4.79. The predicted molar refractivity (Wildman–Crippen MR) is 66.7 cm³/mol. The molecule has 0 aromatic heterocycles. The zero-order valence-electron chi connectivity index (χ0n) is 10.3. The van der Waals surface area contributed by atoms with Crippen molar-refractivity contribution in [1.29, 1.82) is 0 Å². The molecule has 1 aliphatic carbocycles. The minimum Gasteiger partial charge on any atom is -0.481 e. The van der Waals surface area contributed by atoms with Crippen LogP contribution in [0.1, 0.15) is 31.2 Å². The Kier molecular flexibility index (Phi) is 4.31. The van der Waals surface area contributed by atoms with E-state index in [0.29, 0.717) is 24.6 Å². The van der Waals surface area contributed by atoms with Gasteiger partial charge >= 0.3 is 5.97 Å². The van der Waals surface area contributed by atoms with E-state index in [9.17, 15) is 9.18 Å². The van der Waals surface area contributed by atoms with Crippen molar-refractivity contribution in [2.75, 3.05) is 6.54 Å². The third kappa shape index (κ3) is 3.81. The summed E-state index contributed by atoms with van der Waals surface area (Å²) in [5.41, 5.74) is 0.694. The quantitative estimate of drug-likeness (QED) is 0.810. The van der Waals surface area contributed by atoms with Crippen molar-refractivity contribution in [3.8, 4) is 0 Å². The van der Waals surface area contributed by atoms with Gasteiger partial charge in [-0.15, -0.1) is 0 Å². The van der Waals surface area contributed by atoms with E-state index in [4.69, 9.17) is 5.11 Å². The highest BCUT2D eigenvalue weighted by Crippen LogP contribution is 2.29. The third-order valence-corrected chi connectivity index (χ3v) is 3.23. The molecule has 0 spiro atoms. The van der Waals surface area contributed by atoms with Gasteiger partial charge in [-0.1, -0.05) is 18.2 Å². The minimum atomic E-state index is -0.767. The van der Waals surface area contributed by atoms with Crippen LogP contribution in [-0.2, 0) is 11.3 Å². The number of hydrogen-bond donors (Lipinski definition) is 1. The molecule has 0 amide bonds. The van der Waals surface area contributed by atoms with Crippen LogP contribution >= 0.6 is 0 Å². The number of nitrogens with zero attached hydrogens (tertiary/aromatic N) is 1. The predicted octanol–water partition coefficient (Wildman–Crippen LogP) is 2.65. The van der Waals surface area contributed by atoms with Gasteiger partial charge < -0.3 is 5.11 Å². The Hall–Kier alpha value is -1.42. The van der Waals surface area contributed by atoms with Crippen LogP contribution in [0, 0.1) is 5.82 Å². The fourth-order valence-corrected chi connectivity index (χ4v) is 2.11. The van der Waals surface area contributed by atoms with Crippen LogP contribution in [0.3, 0.4) is 0 Å². The van der Waals surface area contributed by atoms with Crippen LogP contribution in [-0.4, -0.2) is 28.6 Å². The molecule has 1 aromatic carbocycles. The Bertz CT molecular complexity index is 418. The Balaban J connectivity index is 1.90. The molecular formula is C14H18FNO2. The fraction of sp³-hybridized carbons (Fsp3) is 0.500. The van der Waals surface area contributed by atoms with Crippen LogP contribution in [0.4, 0.5) is 4.39 Å². The fourth-order valence-electron chi connectivity index (χ4n) is 2.11. The Morgan fingerprint density at radius 3 is 2.72 bits per heavy atom. The zero-order chi connectivity index (χ0) is 13.0. The van der Waals surface area contributed by atoms with E-state index < -0.39 is 5.97 Å². The topological polar surface area (TPSA) is 40.5 Å². The van der Waals surface area contributed by atoms with E-state index in [-0.39, 0.29) is 12.2 Å². The molecule has 0 unspecified atom stereocenters. The van der Waals surface area contributed by atoms with E-state index in [1.165, 1.54) is 6.07 Å². The summed E-state index contributed by atoms with van der Waals surface area (Å²) in [6.45, 7) is 1.31. The molecule has 0 saturated heterocycles. The zero-order valence-corrected chi connectivity index (χ0v) is 10.3. The van der Waals surface area contributed by atoms with Gasteiger partial charge in [0.05, 0.1) is 0 Å². The van der Waals surface area contributed by atoms with Crippen LogP contribution in [0.2, 0.25) is 0 Å². The molecule has 1 N–H and O–H groups in total. The van der Waals surface area contributed by atoms with E-state index in [2.05, 4.69) is 4.90 Å². The molecule has 3 nitrogen and oxygen atoms in total. The molecule has 0 bridgehead atoms. The maximum atomic E-state index is 13.6. The maximum absolute atomic E-state index is 13.6. The molecule has 1 aliphatic rings. The van der Waals surface area contributed by atoms with Crippen molar-refractivity contribution in [3.63, 3.8) is 0 Å². The molecular weight excluding hydrogens is 233 g/mol. The summed E-state index contributed by atoms with van der Waals surface area (Å²) in [5.74, 6) is -0.946. The van der Waals surface area contributed by atoms with Gasteiger partial charge in [-0.05, 0) is 31.9 Å². The Labute approximate surface area is 106 Å². The lowest BCUT2D eigenvalue weighted by Gasteiger charge is -2.21. The van der Waals surface area contributed by atoms with Gasteiger partial charge in [0.25, 0.3) is 0 Å². The van der Waals surface area contributed by atoms with Gasteiger partial charge in [0.15, 0.2) is 0 Å². The number of halogens is 1. The number of carbonyl (C=O) groups is 1. The molecule has 1 saturated carbocycles. The summed E-state index contributed by atoms with van der Waals surface area (Å²) >= 11 is 0. The molecule has 18 heavy (non-hydrogen) atoms. The van der Waals surface area contributed by atoms with Gasteiger partial charge in [-0.2, -0.15) is 0 Å². The summed E-state index contributed by atoms with van der Waals surface area (Å²) < 4.78 is 13.6. The van der Waals surface area contributed by atoms with Crippen molar-refractivity contribution < 1.29 is 14.3 Å². The first-order valence-electron chi connectivity index (χ1n) is 6.36. The van der Waals surface area contributed by atoms with Crippen molar-refractivity contribution in [3.05, 3.63) is 35.6 Å². The minimum absolute atomic E-state index is 0.179. The van der Waals surface area contributed by atoms with Gasteiger partial charge in [0.2, 0.25) is 0 Å². The number of rotatable bonds is 7. The number of carboxylic acids is 1. The highest BCUT2D eigenvalue weighted by molar-refractivity contribution is 5.66. The molecule has 0 atom stereocenters. The van der Waals surface area contributed by atoms with Crippen LogP contribution < -0.4 is 0 Å². The first-order chi connectivity index (χ1) is 8.66. The summed E-state index contributed by atoms with van der Waals surface area (Å²) in [4.78, 5) is 12.7. The largest absolute Gasteiger partial charge is 0.481 e. The summed E-state index contributed by atoms with van der Waals surface area (Å²) in [7, 11) is 0. The first kappa shape index (κ1) is 13.0. The Morgan fingerprint density at radius 2 is 2.11 bits per heavy atom. The lowest BCUT2D eigenvalue weighted by Crippen LogP contribution is -2.27. The summed E-state index contributed by atoms with van der Waals surface area (Å²) in [6.07, 6.45) is 3.09. The SMILES string of the molecule is O=C(O)CCCN(Cc1ccccc1F)C1CC1. The number of benzene rings is 1. The highest BCUT2D eigenvalue weighted by atomic mass is 19.1. The van der Waals surface area contributed by atoms with Gasteiger partial charge in [-0.25, -0.2) is 4.39 Å². The third-order valence-electron chi connectivity index (χ3n) is 3.23. The summed E-state index contributed by atoms with van der Waals surface area (Å²) in [6, 6.07) is 7.30. The van der Waals surface area contributed by atoms with E-state index in [0.717, 1.165) is 19.4 Å². The average Bonchev–Trinajstić information content (AvgIpc) is 3.14. The number of hydrogen-bond acceptors (Lipinski definition) is 2. The van der Waals surface area contributed by atoms with Crippen molar-refractivity contribution >= 4 is 5.97 Å². The molecule has 1 aromatic rings. The molecule has 2 rings (SSSR count). The second-order valence-electron chi connectivity index (χ2n) is 4.79. The highest BCUT2D eigenvalue weighted by Gasteiger charge is 2.29. The van der Waals surface area contributed by atoms with E-state index in [1.54, 1.807) is 12.1 Å². The van der Waals surface area contributed by atoms with Crippen LogP contribution in [0.15, 0.2) is 24.3 Å². The standard InChI is InChI=1S/C14H18FNO2/c15-13-5-2-1-4-11(13)10-16(12-7-8-12)9-3-6-14(17)18/h1-2,4-5,12H,3,6-10H2,(H,17,18). The van der Waals surface area contributed by atoms with E-state index in [1.807, 2.05) is 6.07 Å². The molecule has 0 radical (unpaired) electrons. The van der Waals surface area contributed by atoms with E-state index >= 15 is 0 Å². The lowest BCUT2D eigenvalue weighted by molar-refractivity contribution is -0.137. The smallest absolute Gasteiger partial charge is 0.303 e. The van der Waals surface area contributed by atoms with Crippen LogP contribution in [0.5, 0.6) is 0 Å². The number of aliphatic carboxylic acids is 1. The molecule has 4 heteroatoms. The molecule has 1 fully saturated rings. The normalized spacial score (nSPS) is 15.0. The summed E-state index contributed by atoms with van der Waals surface area (Å²) in [5, 5.41) is 8.64. The van der Waals surface area contributed by atoms with Gasteiger partial charge in [-0.3, -0.25) is 9.69 Å². The number of carboxylic acid groups (broad SMARTS) is 1. The molecule has 98 valence electrons. The average molecular weight is 251 g/mol. The molecule has 0 heterocycles. The van der Waals surface area contributed by atoms with Crippen molar-refractivity contribution in [2.24, 2.45) is 0 Å². The second kappa shape index (κ2) is 5.96. The van der Waals surface area contributed by atoms with Gasteiger partial charge in [0, 0.05) is 24.6 Å². The van der Waals surface area contributed by atoms with Crippen molar-refractivity contribution in [2.45, 2.75) is 38.3 Å². The maximum Gasteiger partial charge on any atom is 0.303 e.